The minimum atomic E-state index is -0.0553. The van der Waals surface area contributed by atoms with Gasteiger partial charge >= 0.3 is 0 Å². The number of hydrogen-bond donors (Lipinski definition) is 0. The molecule has 0 spiro atoms. The Morgan fingerprint density at radius 3 is 1.92 bits per heavy atom. The molecule has 12 heavy (non-hydrogen) atoms. The molecule has 68 valence electrons. The molecule has 0 aliphatic carbocycles. The summed E-state index contributed by atoms with van der Waals surface area (Å²) in [6.07, 6.45) is 1.51. The maximum atomic E-state index is 5.94. The molecule has 0 rings (SSSR count). The van der Waals surface area contributed by atoms with E-state index in [1.54, 1.807) is 0 Å². The molecule has 0 aromatic heterocycles. The first-order valence-corrected chi connectivity index (χ1v) is 4.43. The lowest BCUT2D eigenvalue weighted by Gasteiger charge is -2.21. The van der Waals surface area contributed by atoms with E-state index in [9.17, 15) is 0 Å². The van der Waals surface area contributed by atoms with E-state index in [1.165, 1.54) is 6.08 Å². The first-order chi connectivity index (χ1) is 5.30. The van der Waals surface area contributed by atoms with Crippen LogP contribution in [0.2, 0.25) is 0 Å². The standard InChI is InChI=1S/C10H14Cl2/c1-6-8(11)9(12)7(2)10(3,4)5/h6H,1-2H2,3-5H3/b9-8-. The summed E-state index contributed by atoms with van der Waals surface area (Å²) in [6, 6.07) is 0. The Bertz CT molecular complexity index is 229. The lowest BCUT2D eigenvalue weighted by Crippen LogP contribution is -2.08. The van der Waals surface area contributed by atoms with E-state index in [1.807, 2.05) is 20.8 Å². The zero-order valence-corrected chi connectivity index (χ0v) is 9.26. The molecule has 0 nitrogen and oxygen atoms in total. The van der Waals surface area contributed by atoms with Gasteiger partial charge < -0.3 is 0 Å². The second kappa shape index (κ2) is 4.15. The van der Waals surface area contributed by atoms with Crippen LogP contribution >= 0.6 is 23.2 Å². The van der Waals surface area contributed by atoms with Crippen molar-refractivity contribution in [1.29, 1.82) is 0 Å². The lowest BCUT2D eigenvalue weighted by molar-refractivity contribution is 0.517. The Kier molecular flexibility index (Phi) is 4.09. The first kappa shape index (κ1) is 11.8. The Labute approximate surface area is 84.6 Å². The number of allylic oxidation sites excluding steroid dienone is 4. The summed E-state index contributed by atoms with van der Waals surface area (Å²) in [7, 11) is 0. The van der Waals surface area contributed by atoms with Crippen molar-refractivity contribution in [3.8, 4) is 0 Å². The van der Waals surface area contributed by atoms with Crippen molar-refractivity contribution in [3.63, 3.8) is 0 Å². The predicted octanol–water partition coefficient (Wildman–Crippen LogP) is 4.46. The Morgan fingerprint density at radius 2 is 1.67 bits per heavy atom. The van der Waals surface area contributed by atoms with E-state index in [4.69, 9.17) is 23.2 Å². The summed E-state index contributed by atoms with van der Waals surface area (Å²) in [6.45, 7) is 13.5. The Balaban J connectivity index is 4.85. The molecule has 0 amide bonds. The fourth-order valence-corrected chi connectivity index (χ4v) is 1.04. The highest BCUT2D eigenvalue weighted by atomic mass is 35.5. The summed E-state index contributed by atoms with van der Waals surface area (Å²) in [5.41, 5.74) is 0.773. The zero-order chi connectivity index (χ0) is 9.94. The van der Waals surface area contributed by atoms with Gasteiger partial charge in [0.05, 0.1) is 10.1 Å². The van der Waals surface area contributed by atoms with Gasteiger partial charge in [-0.25, -0.2) is 0 Å². The van der Waals surface area contributed by atoms with E-state index in [0.717, 1.165) is 5.57 Å². The van der Waals surface area contributed by atoms with Crippen molar-refractivity contribution in [3.05, 3.63) is 34.9 Å². The topological polar surface area (TPSA) is 0 Å². The van der Waals surface area contributed by atoms with Gasteiger partial charge in [-0.3, -0.25) is 0 Å². The molecule has 0 N–H and O–H groups in total. The van der Waals surface area contributed by atoms with Crippen LogP contribution in [0.5, 0.6) is 0 Å². The Morgan fingerprint density at radius 1 is 1.25 bits per heavy atom. The quantitative estimate of drug-likeness (QED) is 0.583. The van der Waals surface area contributed by atoms with Crippen molar-refractivity contribution >= 4 is 23.2 Å². The van der Waals surface area contributed by atoms with Crippen molar-refractivity contribution in [2.75, 3.05) is 0 Å². The maximum Gasteiger partial charge on any atom is 0.0623 e. The molecule has 0 fully saturated rings. The summed E-state index contributed by atoms with van der Waals surface area (Å²) in [5.74, 6) is 0. The zero-order valence-electron chi connectivity index (χ0n) is 7.75. The third kappa shape index (κ3) is 3.04. The minimum Gasteiger partial charge on any atom is -0.0975 e. The van der Waals surface area contributed by atoms with Crippen molar-refractivity contribution in [2.24, 2.45) is 5.41 Å². The van der Waals surface area contributed by atoms with Crippen molar-refractivity contribution in [2.45, 2.75) is 20.8 Å². The largest absolute Gasteiger partial charge is 0.0975 e. The molecular formula is C10H14Cl2. The van der Waals surface area contributed by atoms with Gasteiger partial charge in [-0.1, -0.05) is 57.1 Å². The fourth-order valence-electron chi connectivity index (χ4n) is 0.563. The van der Waals surface area contributed by atoms with Gasteiger partial charge in [0.1, 0.15) is 0 Å². The van der Waals surface area contributed by atoms with Crippen LogP contribution in [0.3, 0.4) is 0 Å². The van der Waals surface area contributed by atoms with Gasteiger partial charge in [-0.05, 0) is 17.1 Å². The minimum absolute atomic E-state index is 0.0553. The molecule has 0 bridgehead atoms. The summed E-state index contributed by atoms with van der Waals surface area (Å²) in [4.78, 5) is 0. The second-order valence-corrected chi connectivity index (χ2v) is 4.38. The van der Waals surface area contributed by atoms with E-state index in [0.29, 0.717) is 10.1 Å². The smallest absolute Gasteiger partial charge is 0.0623 e. The molecule has 0 aromatic rings. The van der Waals surface area contributed by atoms with E-state index in [2.05, 4.69) is 13.2 Å². The number of hydrogen-bond acceptors (Lipinski definition) is 0. The van der Waals surface area contributed by atoms with Gasteiger partial charge in [0.15, 0.2) is 0 Å². The molecule has 0 aliphatic rings. The van der Waals surface area contributed by atoms with Crippen LogP contribution in [-0.4, -0.2) is 0 Å². The van der Waals surface area contributed by atoms with Crippen molar-refractivity contribution in [1.82, 2.24) is 0 Å². The van der Waals surface area contributed by atoms with Gasteiger partial charge in [0.25, 0.3) is 0 Å². The van der Waals surface area contributed by atoms with Crippen LogP contribution in [0.25, 0.3) is 0 Å². The number of halogens is 2. The average Bonchev–Trinajstić information content (AvgIpc) is 1.98. The van der Waals surface area contributed by atoms with Crippen LogP contribution in [0.1, 0.15) is 20.8 Å². The summed E-state index contributed by atoms with van der Waals surface area (Å²) < 4.78 is 0. The molecule has 0 atom stereocenters. The second-order valence-electron chi connectivity index (χ2n) is 3.59. The van der Waals surface area contributed by atoms with Crippen LogP contribution in [-0.2, 0) is 0 Å². The molecule has 0 unspecified atom stereocenters. The third-order valence-corrected chi connectivity index (χ3v) is 2.43. The normalized spacial score (nSPS) is 13.8. The Hall–Kier alpha value is -0.200. The molecular weight excluding hydrogens is 191 g/mol. The fraction of sp³-hybridized carbons (Fsp3) is 0.400. The van der Waals surface area contributed by atoms with E-state index < -0.39 is 0 Å². The van der Waals surface area contributed by atoms with Crippen LogP contribution < -0.4 is 0 Å². The highest BCUT2D eigenvalue weighted by molar-refractivity contribution is 6.41. The first-order valence-electron chi connectivity index (χ1n) is 3.68. The van der Waals surface area contributed by atoms with Gasteiger partial charge in [0.2, 0.25) is 0 Å². The molecule has 2 heteroatoms. The summed E-state index contributed by atoms with van der Waals surface area (Å²) in [5, 5.41) is 0.954. The molecule has 0 aromatic carbocycles. The number of rotatable bonds is 2. The monoisotopic (exact) mass is 204 g/mol. The average molecular weight is 205 g/mol. The van der Waals surface area contributed by atoms with Gasteiger partial charge in [-0.2, -0.15) is 0 Å². The van der Waals surface area contributed by atoms with Crippen LogP contribution in [0.15, 0.2) is 34.9 Å². The van der Waals surface area contributed by atoms with Gasteiger partial charge in [0, 0.05) is 0 Å². The molecule has 0 aliphatic heterocycles. The van der Waals surface area contributed by atoms with E-state index >= 15 is 0 Å². The highest BCUT2D eigenvalue weighted by Gasteiger charge is 2.18. The molecule has 0 saturated heterocycles. The molecule has 0 saturated carbocycles. The molecule has 0 radical (unpaired) electrons. The molecule has 0 heterocycles. The summed E-state index contributed by atoms with van der Waals surface area (Å²) >= 11 is 11.7. The predicted molar refractivity (Wildman–Crippen MR) is 57.5 cm³/mol. The maximum absolute atomic E-state index is 5.94. The van der Waals surface area contributed by atoms with Crippen LogP contribution in [0, 0.1) is 5.41 Å². The highest BCUT2D eigenvalue weighted by Crippen LogP contribution is 2.34. The van der Waals surface area contributed by atoms with Crippen molar-refractivity contribution < 1.29 is 0 Å². The van der Waals surface area contributed by atoms with Gasteiger partial charge in [-0.15, -0.1) is 0 Å². The lowest BCUT2D eigenvalue weighted by atomic mass is 9.87. The SMILES string of the molecule is C=C/C(Cl)=C(/Cl)C(=C)C(C)(C)C. The van der Waals surface area contributed by atoms with Crippen LogP contribution in [0.4, 0.5) is 0 Å². The third-order valence-electron chi connectivity index (χ3n) is 1.56. The van der Waals surface area contributed by atoms with E-state index in [-0.39, 0.29) is 5.41 Å².